The second-order valence-electron chi connectivity index (χ2n) is 17.3. The van der Waals surface area contributed by atoms with E-state index < -0.39 is 74.5 Å². The molecule has 6 atom stereocenters. The number of allylic oxidation sites excluding steroid dienone is 2. The van der Waals surface area contributed by atoms with Gasteiger partial charge in [-0.2, -0.15) is 0 Å². The van der Waals surface area contributed by atoms with E-state index in [1.807, 2.05) is 26.8 Å². The van der Waals surface area contributed by atoms with Crippen molar-refractivity contribution in [1.29, 1.82) is 0 Å². The monoisotopic (exact) mass is 702 g/mol. The molecule has 51 heavy (non-hydrogen) atoms. The van der Waals surface area contributed by atoms with Crippen LogP contribution in [-0.4, -0.2) is 49.2 Å². The number of aliphatic hydroxyl groups excluding tert-OH is 2. The summed E-state index contributed by atoms with van der Waals surface area (Å²) in [5.74, 6) is -5.97. The third-order valence-electron chi connectivity index (χ3n) is 14.3. The molecule has 0 saturated heterocycles. The van der Waals surface area contributed by atoms with Crippen LogP contribution in [-0.2, 0) is 14.4 Å². The van der Waals surface area contributed by atoms with Crippen LogP contribution in [0.2, 0.25) is 0 Å². The quantitative estimate of drug-likeness (QED) is 0.167. The predicted molar refractivity (Wildman–Crippen MR) is 194 cm³/mol. The van der Waals surface area contributed by atoms with Crippen molar-refractivity contribution in [2.75, 3.05) is 0 Å². The van der Waals surface area contributed by atoms with Crippen LogP contribution < -0.4 is 0 Å². The van der Waals surface area contributed by atoms with Gasteiger partial charge in [0.25, 0.3) is 0 Å². The van der Waals surface area contributed by atoms with E-state index >= 15 is 0 Å². The van der Waals surface area contributed by atoms with Gasteiger partial charge in [0, 0.05) is 41.6 Å². The lowest BCUT2D eigenvalue weighted by atomic mass is 9.37. The standard InChI is InChI=1S/C43H58O8/c1-6-27(44)23-32-41(4)29(21-19-25-15-10-11-16-25)28-17-12-18-30(45)33(28)37(47)36(41)40(50)43(51)39(49)34(38(48)35(24(2)3)42(32,43)5)31(46)22-20-26-13-8-7-9-14-26/h12,17-18,24-26,29,32,35,45,48,50-51H,6-11,13-16,19-23H2,1-5H3/t29-,32-,35?,41-,42-,43+/m1/s1. The second-order valence-corrected chi connectivity index (χ2v) is 17.3. The van der Waals surface area contributed by atoms with E-state index in [0.717, 1.165) is 64.2 Å². The summed E-state index contributed by atoms with van der Waals surface area (Å²) >= 11 is 0. The maximum Gasteiger partial charge on any atom is 0.209 e. The number of phenols is 1. The van der Waals surface area contributed by atoms with Crippen LogP contribution >= 0.6 is 0 Å². The van der Waals surface area contributed by atoms with Crippen molar-refractivity contribution in [1.82, 2.24) is 0 Å². The molecule has 0 heterocycles. The van der Waals surface area contributed by atoms with Gasteiger partial charge in [0.15, 0.2) is 17.2 Å². The summed E-state index contributed by atoms with van der Waals surface area (Å²) < 4.78 is 0. The Morgan fingerprint density at radius 1 is 0.882 bits per heavy atom. The normalized spacial score (nSPS) is 33.0. The minimum atomic E-state index is -2.79. The molecular weight excluding hydrogens is 644 g/mol. The minimum Gasteiger partial charge on any atom is -0.511 e. The lowest BCUT2D eigenvalue weighted by Gasteiger charge is -2.65. The molecule has 4 N–H and O–H groups in total. The van der Waals surface area contributed by atoms with Gasteiger partial charge in [0.05, 0.1) is 5.56 Å². The predicted octanol–water partition coefficient (Wildman–Crippen LogP) is 8.79. The molecule has 1 aromatic carbocycles. The topological polar surface area (TPSA) is 149 Å². The zero-order valence-corrected chi connectivity index (χ0v) is 31.2. The van der Waals surface area contributed by atoms with Crippen molar-refractivity contribution < 1.29 is 39.6 Å². The fraction of sp³-hybridized carbons (Fsp3) is 0.674. The Balaban J connectivity index is 1.59. The van der Waals surface area contributed by atoms with Crippen LogP contribution in [0, 0.1) is 40.4 Å². The van der Waals surface area contributed by atoms with Gasteiger partial charge < -0.3 is 20.4 Å². The molecule has 6 rings (SSSR count). The summed E-state index contributed by atoms with van der Waals surface area (Å²) in [6.07, 6.45) is 11.9. The summed E-state index contributed by atoms with van der Waals surface area (Å²) in [5.41, 5.74) is -5.78. The number of Topliss-reactive ketones (excluding diaryl/α,β-unsaturated/α-hetero) is 4. The number of phenolic OH excluding ortho intramolecular Hbond substituents is 1. The van der Waals surface area contributed by atoms with Crippen molar-refractivity contribution in [3.05, 3.63) is 52.0 Å². The largest absolute Gasteiger partial charge is 0.511 e. The average molecular weight is 703 g/mol. The van der Waals surface area contributed by atoms with E-state index in [-0.39, 0.29) is 41.9 Å². The molecule has 278 valence electrons. The molecule has 8 heteroatoms. The van der Waals surface area contributed by atoms with Crippen molar-refractivity contribution in [3.8, 4) is 5.75 Å². The van der Waals surface area contributed by atoms with E-state index in [1.165, 1.54) is 6.07 Å². The third-order valence-corrected chi connectivity index (χ3v) is 14.3. The van der Waals surface area contributed by atoms with Crippen LogP contribution in [0.4, 0.5) is 0 Å². The molecule has 1 unspecified atom stereocenters. The molecular formula is C43H58O8. The van der Waals surface area contributed by atoms with Gasteiger partial charge >= 0.3 is 0 Å². The first-order valence-corrected chi connectivity index (χ1v) is 19.7. The second kappa shape index (κ2) is 13.9. The number of hydrogen-bond acceptors (Lipinski definition) is 8. The number of aromatic hydroxyl groups is 1. The summed E-state index contributed by atoms with van der Waals surface area (Å²) in [6.45, 7) is 8.98. The molecule has 0 aromatic heterocycles. The van der Waals surface area contributed by atoms with Crippen LogP contribution in [0.1, 0.15) is 153 Å². The number of fused-ring (bicyclic) bond motifs is 3. The van der Waals surface area contributed by atoms with Gasteiger partial charge in [-0.05, 0) is 60.5 Å². The molecule has 0 amide bonds. The molecule has 2 fully saturated rings. The Bertz CT molecular complexity index is 1660. The first-order chi connectivity index (χ1) is 24.1. The number of aliphatic hydroxyl groups is 3. The summed E-state index contributed by atoms with van der Waals surface area (Å²) in [4.78, 5) is 57.4. The zero-order chi connectivity index (χ0) is 37.0. The third kappa shape index (κ3) is 5.64. The van der Waals surface area contributed by atoms with Crippen molar-refractivity contribution >= 4 is 23.1 Å². The highest BCUT2D eigenvalue weighted by Gasteiger charge is 2.76. The van der Waals surface area contributed by atoms with Gasteiger partial charge in [0.1, 0.15) is 28.6 Å². The fourth-order valence-electron chi connectivity index (χ4n) is 11.8. The average Bonchev–Trinajstić information content (AvgIpc) is 3.62. The molecule has 0 bridgehead atoms. The Kier molecular flexibility index (Phi) is 10.3. The number of benzene rings is 1. The van der Waals surface area contributed by atoms with Crippen LogP contribution in [0.3, 0.4) is 0 Å². The molecule has 1 aromatic rings. The number of carbonyl (C=O) groups is 4. The van der Waals surface area contributed by atoms with Gasteiger partial charge in [-0.15, -0.1) is 0 Å². The zero-order valence-electron chi connectivity index (χ0n) is 31.2. The number of carbonyl (C=O) groups excluding carboxylic acids is 4. The van der Waals surface area contributed by atoms with E-state index in [2.05, 4.69) is 0 Å². The highest BCUT2D eigenvalue weighted by molar-refractivity contribution is 6.26. The summed E-state index contributed by atoms with van der Waals surface area (Å²) in [6, 6.07) is 4.96. The Morgan fingerprint density at radius 2 is 1.49 bits per heavy atom. The van der Waals surface area contributed by atoms with E-state index in [9.17, 15) is 39.6 Å². The van der Waals surface area contributed by atoms with Gasteiger partial charge in [-0.3, -0.25) is 19.2 Å². The van der Waals surface area contributed by atoms with Crippen molar-refractivity contribution in [2.24, 2.45) is 40.4 Å². The van der Waals surface area contributed by atoms with Gasteiger partial charge in [-0.1, -0.05) is 105 Å². The molecule has 5 aliphatic carbocycles. The van der Waals surface area contributed by atoms with Crippen LogP contribution in [0.25, 0.3) is 0 Å². The first kappa shape index (κ1) is 37.5. The maximum atomic E-state index is 14.9. The van der Waals surface area contributed by atoms with Crippen LogP contribution in [0.15, 0.2) is 40.9 Å². The fourth-order valence-corrected chi connectivity index (χ4v) is 11.8. The molecule has 2 saturated carbocycles. The van der Waals surface area contributed by atoms with Crippen LogP contribution in [0.5, 0.6) is 5.75 Å². The Hall–Kier alpha value is -3.26. The lowest BCUT2D eigenvalue weighted by molar-refractivity contribution is -0.194. The summed E-state index contributed by atoms with van der Waals surface area (Å²) in [5, 5.41) is 49.0. The smallest absolute Gasteiger partial charge is 0.209 e. The molecule has 8 nitrogen and oxygen atoms in total. The minimum absolute atomic E-state index is 0.0175. The lowest BCUT2D eigenvalue weighted by Crippen LogP contribution is -2.72. The summed E-state index contributed by atoms with van der Waals surface area (Å²) in [7, 11) is 0. The Labute approximate surface area is 302 Å². The van der Waals surface area contributed by atoms with E-state index in [1.54, 1.807) is 19.9 Å². The van der Waals surface area contributed by atoms with Gasteiger partial charge in [0.2, 0.25) is 5.78 Å². The Morgan fingerprint density at radius 3 is 2.10 bits per heavy atom. The SMILES string of the molecule is CCC(=O)C[C@@H]1[C@]2(C)C(=C(O)[C@@]3(O)C(=O)C(C(=O)CCC4CCCCC4)=C(O)C(C(C)C)[C@@]13C)C(=O)c1c(O)cccc1[C@H]2CCC1CCCC1. The van der Waals surface area contributed by atoms with E-state index in [4.69, 9.17) is 0 Å². The number of ketones is 4. The maximum absolute atomic E-state index is 14.9. The van der Waals surface area contributed by atoms with Gasteiger partial charge in [-0.25, -0.2) is 0 Å². The molecule has 0 spiro atoms. The molecule has 0 aliphatic heterocycles. The molecule has 5 aliphatic rings. The highest BCUT2D eigenvalue weighted by Crippen LogP contribution is 2.71. The first-order valence-electron chi connectivity index (χ1n) is 19.7. The molecule has 0 radical (unpaired) electrons. The van der Waals surface area contributed by atoms with E-state index in [0.29, 0.717) is 30.2 Å². The van der Waals surface area contributed by atoms with Crippen molar-refractivity contribution in [2.45, 2.75) is 142 Å². The van der Waals surface area contributed by atoms with Crippen molar-refractivity contribution in [3.63, 3.8) is 0 Å². The number of hydrogen-bond donors (Lipinski definition) is 4. The number of rotatable bonds is 11. The highest BCUT2D eigenvalue weighted by atomic mass is 16.4.